The molecule has 0 N–H and O–H groups in total. The van der Waals surface area contributed by atoms with E-state index in [9.17, 15) is 9.59 Å². The number of thiol groups is 1. The molecule has 0 aliphatic rings. The zero-order chi connectivity index (χ0) is 11.7. The number of carbonyl (C=O) groups is 2. The highest BCUT2D eigenvalue weighted by Gasteiger charge is 2.03. The van der Waals surface area contributed by atoms with Crippen LogP contribution in [0.4, 0.5) is 0 Å². The van der Waals surface area contributed by atoms with Gasteiger partial charge in [-0.05, 0) is 6.92 Å². The van der Waals surface area contributed by atoms with Gasteiger partial charge in [0.2, 0.25) is 0 Å². The van der Waals surface area contributed by atoms with Crippen molar-refractivity contribution in [3.05, 3.63) is 12.2 Å². The Balaban J connectivity index is 3.36. The summed E-state index contributed by atoms with van der Waals surface area (Å²) in [4.78, 5) is 21.8. The smallest absolute Gasteiger partial charge is 0.333 e. The van der Waals surface area contributed by atoms with Crippen molar-refractivity contribution in [3.8, 4) is 0 Å². The molecular formula is C10H16O4S. The summed E-state index contributed by atoms with van der Waals surface area (Å²) < 4.78 is 9.62. The van der Waals surface area contributed by atoms with Crippen molar-refractivity contribution in [2.24, 2.45) is 0 Å². The van der Waals surface area contributed by atoms with Crippen LogP contribution in [0.2, 0.25) is 0 Å². The molecule has 0 spiro atoms. The van der Waals surface area contributed by atoms with Crippen LogP contribution in [0.1, 0.15) is 19.8 Å². The Labute approximate surface area is 95.0 Å². The summed E-state index contributed by atoms with van der Waals surface area (Å²) in [5, 5.41) is 0. The predicted octanol–water partition coefficient (Wildman–Crippen LogP) is 1.36. The van der Waals surface area contributed by atoms with Gasteiger partial charge in [0.05, 0.1) is 19.6 Å². The molecule has 0 aromatic carbocycles. The van der Waals surface area contributed by atoms with Crippen LogP contribution >= 0.6 is 12.6 Å². The molecule has 0 aliphatic carbocycles. The molecule has 0 saturated carbocycles. The Morgan fingerprint density at radius 3 is 2.40 bits per heavy atom. The first kappa shape index (κ1) is 14.0. The molecule has 0 fully saturated rings. The third kappa shape index (κ3) is 8.05. The molecule has 0 bridgehead atoms. The van der Waals surface area contributed by atoms with Crippen molar-refractivity contribution in [2.45, 2.75) is 19.8 Å². The van der Waals surface area contributed by atoms with Crippen LogP contribution in [0.5, 0.6) is 0 Å². The summed E-state index contributed by atoms with van der Waals surface area (Å²) in [6.07, 6.45) is 0.798. The summed E-state index contributed by atoms with van der Waals surface area (Å²) in [6, 6.07) is 0. The van der Waals surface area contributed by atoms with Crippen LogP contribution < -0.4 is 0 Å². The maximum absolute atomic E-state index is 10.9. The van der Waals surface area contributed by atoms with E-state index in [1.54, 1.807) is 6.92 Å². The van der Waals surface area contributed by atoms with E-state index in [1.165, 1.54) is 0 Å². The molecule has 0 rings (SSSR count). The summed E-state index contributed by atoms with van der Waals surface area (Å²) >= 11 is 3.89. The highest BCUT2D eigenvalue weighted by molar-refractivity contribution is 7.80. The van der Waals surface area contributed by atoms with Gasteiger partial charge in [-0.1, -0.05) is 6.58 Å². The molecular weight excluding hydrogens is 216 g/mol. The third-order valence-corrected chi connectivity index (χ3v) is 1.67. The van der Waals surface area contributed by atoms with Crippen LogP contribution in [-0.4, -0.2) is 30.9 Å². The van der Waals surface area contributed by atoms with E-state index in [-0.39, 0.29) is 19.2 Å². The third-order valence-electron chi connectivity index (χ3n) is 1.45. The standard InChI is InChI=1S/C10H16O4S/c1-8(2)10(12)14-6-3-5-13-9(11)4-7-15/h15H,1,3-7H2,2H3. The quantitative estimate of drug-likeness (QED) is 0.312. The lowest BCUT2D eigenvalue weighted by molar-refractivity contribution is -0.144. The van der Waals surface area contributed by atoms with E-state index in [4.69, 9.17) is 9.47 Å². The number of esters is 2. The van der Waals surface area contributed by atoms with Gasteiger partial charge in [0.25, 0.3) is 0 Å². The largest absolute Gasteiger partial charge is 0.466 e. The van der Waals surface area contributed by atoms with Crippen molar-refractivity contribution < 1.29 is 19.1 Å². The number of carbonyl (C=O) groups excluding carboxylic acids is 2. The highest BCUT2D eigenvalue weighted by atomic mass is 32.1. The van der Waals surface area contributed by atoms with Crippen molar-refractivity contribution in [3.63, 3.8) is 0 Å². The maximum atomic E-state index is 10.9. The number of hydrogen-bond donors (Lipinski definition) is 1. The fourth-order valence-corrected chi connectivity index (χ4v) is 0.879. The number of ether oxygens (including phenoxy) is 2. The average molecular weight is 232 g/mol. The summed E-state index contributed by atoms with van der Waals surface area (Å²) in [6.45, 7) is 5.51. The molecule has 5 heteroatoms. The number of hydrogen-bond acceptors (Lipinski definition) is 5. The Morgan fingerprint density at radius 1 is 1.27 bits per heavy atom. The van der Waals surface area contributed by atoms with Crippen LogP contribution in [-0.2, 0) is 19.1 Å². The van der Waals surface area contributed by atoms with Crippen molar-refractivity contribution in [1.29, 1.82) is 0 Å². The molecule has 86 valence electrons. The second kappa shape index (κ2) is 8.35. The molecule has 15 heavy (non-hydrogen) atoms. The Morgan fingerprint density at radius 2 is 1.87 bits per heavy atom. The van der Waals surface area contributed by atoms with Crippen LogP contribution in [0.3, 0.4) is 0 Å². The van der Waals surface area contributed by atoms with E-state index in [1.807, 2.05) is 0 Å². The molecule has 0 amide bonds. The van der Waals surface area contributed by atoms with Gasteiger partial charge < -0.3 is 9.47 Å². The fourth-order valence-electron chi connectivity index (χ4n) is 0.696. The van der Waals surface area contributed by atoms with E-state index >= 15 is 0 Å². The van der Waals surface area contributed by atoms with Crippen LogP contribution in [0.15, 0.2) is 12.2 Å². The Bertz CT molecular complexity index is 238. The fraction of sp³-hybridized carbons (Fsp3) is 0.600. The first-order chi connectivity index (χ1) is 7.07. The first-order valence-corrected chi connectivity index (χ1v) is 5.30. The van der Waals surface area contributed by atoms with Crippen LogP contribution in [0.25, 0.3) is 0 Å². The van der Waals surface area contributed by atoms with Gasteiger partial charge in [-0.2, -0.15) is 12.6 Å². The van der Waals surface area contributed by atoms with E-state index in [0.29, 0.717) is 24.2 Å². The SMILES string of the molecule is C=C(C)C(=O)OCCCOC(=O)CCS. The van der Waals surface area contributed by atoms with Crippen molar-refractivity contribution in [2.75, 3.05) is 19.0 Å². The Kier molecular flexibility index (Phi) is 7.81. The van der Waals surface area contributed by atoms with Gasteiger partial charge in [-0.3, -0.25) is 4.79 Å². The van der Waals surface area contributed by atoms with Gasteiger partial charge in [0, 0.05) is 17.7 Å². The molecule has 0 saturated heterocycles. The minimum atomic E-state index is -0.420. The summed E-state index contributed by atoms with van der Waals surface area (Å²) in [5.74, 6) is -0.225. The zero-order valence-electron chi connectivity index (χ0n) is 8.82. The zero-order valence-corrected chi connectivity index (χ0v) is 9.72. The monoisotopic (exact) mass is 232 g/mol. The lowest BCUT2D eigenvalue weighted by Crippen LogP contribution is -2.11. The normalized spacial score (nSPS) is 9.47. The topological polar surface area (TPSA) is 52.6 Å². The average Bonchev–Trinajstić information content (AvgIpc) is 2.17. The Hall–Kier alpha value is -0.970. The number of rotatable bonds is 7. The lowest BCUT2D eigenvalue weighted by Gasteiger charge is -2.05. The molecule has 4 nitrogen and oxygen atoms in total. The lowest BCUT2D eigenvalue weighted by atomic mass is 10.4. The van der Waals surface area contributed by atoms with Gasteiger partial charge >= 0.3 is 11.9 Å². The van der Waals surface area contributed by atoms with E-state index in [2.05, 4.69) is 19.2 Å². The first-order valence-electron chi connectivity index (χ1n) is 4.67. The molecule has 0 heterocycles. The molecule has 0 unspecified atom stereocenters. The van der Waals surface area contributed by atoms with E-state index < -0.39 is 5.97 Å². The van der Waals surface area contributed by atoms with Gasteiger partial charge in [-0.15, -0.1) is 0 Å². The molecule has 0 aromatic heterocycles. The van der Waals surface area contributed by atoms with Crippen LogP contribution in [0, 0.1) is 0 Å². The van der Waals surface area contributed by atoms with Crippen molar-refractivity contribution >= 4 is 24.6 Å². The molecule has 0 atom stereocenters. The minimum absolute atomic E-state index is 0.236. The molecule has 0 radical (unpaired) electrons. The van der Waals surface area contributed by atoms with Gasteiger partial charge in [0.1, 0.15) is 0 Å². The van der Waals surface area contributed by atoms with E-state index in [0.717, 1.165) is 0 Å². The highest BCUT2D eigenvalue weighted by Crippen LogP contribution is 1.95. The van der Waals surface area contributed by atoms with Gasteiger partial charge in [0.15, 0.2) is 0 Å². The second-order valence-electron chi connectivity index (χ2n) is 2.96. The summed E-state index contributed by atoms with van der Waals surface area (Å²) in [5.41, 5.74) is 0.363. The van der Waals surface area contributed by atoms with Gasteiger partial charge in [-0.25, -0.2) is 4.79 Å². The second-order valence-corrected chi connectivity index (χ2v) is 3.41. The summed E-state index contributed by atoms with van der Waals surface area (Å²) in [7, 11) is 0. The predicted molar refractivity (Wildman–Crippen MR) is 59.8 cm³/mol. The van der Waals surface area contributed by atoms with Crippen molar-refractivity contribution in [1.82, 2.24) is 0 Å². The molecule has 0 aromatic rings. The minimum Gasteiger partial charge on any atom is -0.466 e. The maximum Gasteiger partial charge on any atom is 0.333 e. The molecule has 0 aliphatic heterocycles.